The molecule has 168 valence electrons. The highest BCUT2D eigenvalue weighted by molar-refractivity contribution is 5.92. The van der Waals surface area contributed by atoms with Crippen LogP contribution in [-0.4, -0.2) is 29.6 Å². The molecule has 0 spiro atoms. The first-order valence-corrected chi connectivity index (χ1v) is 11.0. The van der Waals surface area contributed by atoms with E-state index in [1.165, 1.54) is 18.2 Å². The molecule has 0 bridgehead atoms. The van der Waals surface area contributed by atoms with Crippen LogP contribution in [0.2, 0.25) is 0 Å². The lowest BCUT2D eigenvalue weighted by Crippen LogP contribution is -2.48. The third-order valence-corrected chi connectivity index (χ3v) is 7.09. The van der Waals surface area contributed by atoms with Gasteiger partial charge in [-0.2, -0.15) is 0 Å². The van der Waals surface area contributed by atoms with Crippen LogP contribution >= 0.6 is 0 Å². The summed E-state index contributed by atoms with van der Waals surface area (Å²) in [6.07, 6.45) is 4.58. The summed E-state index contributed by atoms with van der Waals surface area (Å²) in [5.74, 6) is -1.67. The summed E-state index contributed by atoms with van der Waals surface area (Å²) >= 11 is 0. The molecular formula is C25H25F3N2O2. The zero-order chi connectivity index (χ0) is 22.5. The van der Waals surface area contributed by atoms with Crippen molar-refractivity contribution in [2.75, 3.05) is 7.11 Å². The van der Waals surface area contributed by atoms with E-state index in [2.05, 4.69) is 10.3 Å². The van der Waals surface area contributed by atoms with Gasteiger partial charge in [-0.1, -0.05) is 0 Å². The van der Waals surface area contributed by atoms with Gasteiger partial charge in [0.25, 0.3) is 0 Å². The fourth-order valence-electron chi connectivity index (χ4n) is 5.08. The van der Waals surface area contributed by atoms with Gasteiger partial charge in [0.1, 0.15) is 17.5 Å². The Bertz CT molecular complexity index is 1160. The van der Waals surface area contributed by atoms with Gasteiger partial charge in [-0.3, -0.25) is 4.79 Å². The van der Waals surface area contributed by atoms with E-state index in [1.54, 1.807) is 19.2 Å². The molecule has 5 rings (SSSR count). The standard InChI is InChI=1S/C25H25F3N2O2/c1-32-25(7-2-8-25)13-21(31)29-18-9-15(10-18)22-19-11-17(27)12-20(28)24(19)30-23(22)14-3-5-16(26)6-4-14/h3-6,11-12,15,18,30H,2,7-10,13H2,1H3,(H,29,31)/t15-,18+. The third-order valence-electron chi connectivity index (χ3n) is 7.09. The molecule has 2 fully saturated rings. The fourth-order valence-corrected chi connectivity index (χ4v) is 5.08. The maximum atomic E-state index is 14.5. The van der Waals surface area contributed by atoms with Crippen LogP contribution in [0.25, 0.3) is 22.2 Å². The molecular weight excluding hydrogens is 417 g/mol. The van der Waals surface area contributed by atoms with Crippen molar-refractivity contribution in [1.82, 2.24) is 10.3 Å². The molecule has 2 N–H and O–H groups in total. The fraction of sp³-hybridized carbons (Fsp3) is 0.400. The molecule has 0 saturated heterocycles. The summed E-state index contributed by atoms with van der Waals surface area (Å²) in [7, 11) is 1.65. The van der Waals surface area contributed by atoms with E-state index in [4.69, 9.17) is 4.74 Å². The second kappa shape index (κ2) is 7.96. The van der Waals surface area contributed by atoms with Crippen LogP contribution in [0.5, 0.6) is 0 Å². The summed E-state index contributed by atoms with van der Waals surface area (Å²) in [5.41, 5.74) is 2.08. The van der Waals surface area contributed by atoms with Crippen LogP contribution in [0.1, 0.15) is 50.0 Å². The lowest BCUT2D eigenvalue weighted by atomic mass is 9.73. The van der Waals surface area contributed by atoms with E-state index in [1.807, 2.05) is 0 Å². The van der Waals surface area contributed by atoms with Gasteiger partial charge in [0.05, 0.1) is 23.2 Å². The Morgan fingerprint density at radius 3 is 2.47 bits per heavy atom. The maximum Gasteiger partial charge on any atom is 0.223 e. The van der Waals surface area contributed by atoms with Crippen molar-refractivity contribution in [2.45, 2.75) is 56.1 Å². The molecule has 2 aliphatic rings. The predicted octanol–water partition coefficient (Wildman–Crippen LogP) is 5.57. The quantitative estimate of drug-likeness (QED) is 0.524. The highest BCUT2D eigenvalue weighted by Crippen LogP contribution is 2.46. The second-order valence-electron chi connectivity index (χ2n) is 9.08. The summed E-state index contributed by atoms with van der Waals surface area (Å²) in [6.45, 7) is 0. The monoisotopic (exact) mass is 442 g/mol. The van der Waals surface area contributed by atoms with Crippen molar-refractivity contribution in [3.63, 3.8) is 0 Å². The van der Waals surface area contributed by atoms with Crippen LogP contribution in [-0.2, 0) is 9.53 Å². The Balaban J connectivity index is 1.39. The Hall–Kier alpha value is -2.80. The van der Waals surface area contributed by atoms with Crippen LogP contribution in [0, 0.1) is 17.5 Å². The Morgan fingerprint density at radius 2 is 1.84 bits per heavy atom. The lowest BCUT2D eigenvalue weighted by Gasteiger charge is -2.41. The molecule has 3 aromatic rings. The number of carbonyl (C=O) groups is 1. The first-order chi connectivity index (χ1) is 15.4. The second-order valence-corrected chi connectivity index (χ2v) is 9.08. The number of ether oxygens (including phenoxy) is 1. The minimum absolute atomic E-state index is 0.00547. The number of H-pyrrole nitrogens is 1. The zero-order valence-electron chi connectivity index (χ0n) is 17.8. The van der Waals surface area contributed by atoms with Gasteiger partial charge >= 0.3 is 0 Å². The molecule has 2 aromatic carbocycles. The largest absolute Gasteiger partial charge is 0.378 e. The van der Waals surface area contributed by atoms with Gasteiger partial charge in [-0.25, -0.2) is 13.2 Å². The van der Waals surface area contributed by atoms with Crippen molar-refractivity contribution in [2.24, 2.45) is 0 Å². The van der Waals surface area contributed by atoms with Crippen molar-refractivity contribution in [1.29, 1.82) is 0 Å². The van der Waals surface area contributed by atoms with Gasteiger partial charge in [-0.15, -0.1) is 0 Å². The molecule has 0 unspecified atom stereocenters. The van der Waals surface area contributed by atoms with Crippen molar-refractivity contribution in [3.8, 4) is 11.3 Å². The van der Waals surface area contributed by atoms with Gasteiger partial charge in [0.2, 0.25) is 5.91 Å². The number of amides is 1. The van der Waals surface area contributed by atoms with E-state index >= 15 is 0 Å². The topological polar surface area (TPSA) is 54.1 Å². The van der Waals surface area contributed by atoms with Crippen LogP contribution in [0.4, 0.5) is 13.2 Å². The first-order valence-electron chi connectivity index (χ1n) is 11.0. The van der Waals surface area contributed by atoms with E-state index in [0.29, 0.717) is 35.9 Å². The van der Waals surface area contributed by atoms with E-state index in [9.17, 15) is 18.0 Å². The maximum absolute atomic E-state index is 14.5. The predicted molar refractivity (Wildman–Crippen MR) is 116 cm³/mol. The molecule has 1 aromatic heterocycles. The number of aromatic nitrogens is 1. The summed E-state index contributed by atoms with van der Waals surface area (Å²) < 4.78 is 47.5. The number of rotatable bonds is 6. The molecule has 1 heterocycles. The van der Waals surface area contributed by atoms with Crippen LogP contribution in [0.3, 0.4) is 0 Å². The molecule has 2 aliphatic carbocycles. The Kier molecular flexibility index (Phi) is 5.24. The molecule has 0 radical (unpaired) electrons. The minimum Gasteiger partial charge on any atom is -0.378 e. The number of benzene rings is 2. The molecule has 32 heavy (non-hydrogen) atoms. The molecule has 4 nitrogen and oxygen atoms in total. The molecule has 7 heteroatoms. The number of halogens is 3. The van der Waals surface area contributed by atoms with Crippen molar-refractivity contribution < 1.29 is 22.7 Å². The number of methoxy groups -OCH3 is 1. The molecule has 1 amide bonds. The van der Waals surface area contributed by atoms with Gasteiger partial charge in [0, 0.05) is 24.6 Å². The van der Waals surface area contributed by atoms with Crippen molar-refractivity contribution in [3.05, 3.63) is 59.4 Å². The van der Waals surface area contributed by atoms with E-state index in [-0.39, 0.29) is 34.8 Å². The average Bonchev–Trinajstić information content (AvgIpc) is 3.07. The number of hydrogen-bond acceptors (Lipinski definition) is 2. The Labute approximate surface area is 184 Å². The van der Waals surface area contributed by atoms with E-state index < -0.39 is 11.6 Å². The molecule has 0 aliphatic heterocycles. The third kappa shape index (κ3) is 3.68. The zero-order valence-corrected chi connectivity index (χ0v) is 17.8. The van der Waals surface area contributed by atoms with Crippen molar-refractivity contribution >= 4 is 16.8 Å². The highest BCUT2D eigenvalue weighted by atomic mass is 19.1. The summed E-state index contributed by atoms with van der Waals surface area (Å²) in [5, 5.41) is 3.57. The normalized spacial score (nSPS) is 21.8. The number of nitrogens with one attached hydrogen (secondary N) is 2. The number of carbonyl (C=O) groups excluding carboxylic acids is 1. The first kappa shape index (κ1) is 21.1. The molecule has 2 saturated carbocycles. The van der Waals surface area contributed by atoms with Gasteiger partial charge < -0.3 is 15.0 Å². The summed E-state index contributed by atoms with van der Waals surface area (Å²) in [6, 6.07) is 8.13. The van der Waals surface area contributed by atoms with Crippen LogP contribution in [0.15, 0.2) is 36.4 Å². The van der Waals surface area contributed by atoms with E-state index in [0.717, 1.165) is 30.9 Å². The lowest BCUT2D eigenvalue weighted by molar-refractivity contribution is -0.135. The average molecular weight is 442 g/mol. The Morgan fingerprint density at radius 1 is 1.12 bits per heavy atom. The summed E-state index contributed by atoms with van der Waals surface area (Å²) in [4.78, 5) is 15.6. The molecule has 0 atom stereocenters. The van der Waals surface area contributed by atoms with Crippen LogP contribution < -0.4 is 5.32 Å². The highest BCUT2D eigenvalue weighted by Gasteiger charge is 2.41. The SMILES string of the molecule is COC1(CC(=O)N[C@H]2C[C@@H](c3c(-c4ccc(F)cc4)[nH]c4c(F)cc(F)cc43)C2)CCC1. The minimum atomic E-state index is -0.663. The smallest absolute Gasteiger partial charge is 0.223 e. The number of hydrogen-bond donors (Lipinski definition) is 2. The van der Waals surface area contributed by atoms with Gasteiger partial charge in [0.15, 0.2) is 0 Å². The van der Waals surface area contributed by atoms with Gasteiger partial charge in [-0.05, 0) is 79.5 Å². The number of fused-ring (bicyclic) bond motifs is 1. The number of aromatic amines is 1.